The van der Waals surface area contributed by atoms with Crippen LogP contribution in [0.2, 0.25) is 0 Å². The summed E-state index contributed by atoms with van der Waals surface area (Å²) in [4.78, 5) is 14.3. The maximum atomic E-state index is 9.93. The molecule has 4 heteroatoms. The Labute approximate surface area is 79.4 Å². The predicted molar refractivity (Wildman–Crippen MR) is 50.8 cm³/mol. The van der Waals surface area contributed by atoms with Crippen molar-refractivity contribution in [2.75, 3.05) is 0 Å². The predicted octanol–water partition coefficient (Wildman–Crippen LogP) is 2.80. The van der Waals surface area contributed by atoms with Gasteiger partial charge in [-0.1, -0.05) is 33.1 Å². The molecule has 0 bridgehead atoms. The van der Waals surface area contributed by atoms with Gasteiger partial charge < -0.3 is 4.84 Å². The summed E-state index contributed by atoms with van der Waals surface area (Å²) in [6, 6.07) is 0. The molecule has 0 saturated heterocycles. The lowest BCUT2D eigenvalue weighted by Gasteiger charge is -2.09. The van der Waals surface area contributed by atoms with Crippen LogP contribution in [0.5, 0.6) is 0 Å². The Morgan fingerprint density at radius 2 is 1.77 bits per heavy atom. The van der Waals surface area contributed by atoms with Crippen LogP contribution in [0.25, 0.3) is 0 Å². The van der Waals surface area contributed by atoms with Gasteiger partial charge in [-0.2, -0.15) is 0 Å². The van der Waals surface area contributed by atoms with Gasteiger partial charge in [-0.25, -0.2) is 0 Å². The van der Waals surface area contributed by atoms with E-state index in [0.29, 0.717) is 5.92 Å². The van der Waals surface area contributed by atoms with Crippen molar-refractivity contribution >= 4 is 0 Å². The number of unbranched alkanes of at least 4 members (excludes halogenated alkanes) is 1. The van der Waals surface area contributed by atoms with Gasteiger partial charge in [0.1, 0.15) is 6.10 Å². The van der Waals surface area contributed by atoms with Crippen LogP contribution in [0.3, 0.4) is 0 Å². The van der Waals surface area contributed by atoms with E-state index >= 15 is 0 Å². The molecule has 0 saturated carbocycles. The molecule has 0 aromatic carbocycles. The van der Waals surface area contributed by atoms with Gasteiger partial charge in [-0.15, -0.1) is 10.1 Å². The van der Waals surface area contributed by atoms with Gasteiger partial charge in [-0.05, 0) is 19.3 Å². The van der Waals surface area contributed by atoms with E-state index in [1.54, 1.807) is 6.92 Å². The van der Waals surface area contributed by atoms with Gasteiger partial charge in [0.25, 0.3) is 5.09 Å². The number of nitrogens with zero attached hydrogens (tertiary/aromatic N) is 1. The molecule has 0 aliphatic heterocycles. The Balaban J connectivity index is 3.26. The molecule has 0 fully saturated rings. The van der Waals surface area contributed by atoms with Gasteiger partial charge in [0.15, 0.2) is 0 Å². The molecule has 0 aliphatic carbocycles. The summed E-state index contributed by atoms with van der Waals surface area (Å²) in [5.74, 6) is 0.715. The highest BCUT2D eigenvalue weighted by Gasteiger charge is 2.06. The van der Waals surface area contributed by atoms with Gasteiger partial charge >= 0.3 is 0 Å². The van der Waals surface area contributed by atoms with E-state index in [9.17, 15) is 10.1 Å². The molecule has 0 aliphatic rings. The first kappa shape index (κ1) is 12.2. The molecule has 0 aromatic rings. The third-order valence-electron chi connectivity index (χ3n) is 1.91. The molecule has 0 heterocycles. The van der Waals surface area contributed by atoms with Crippen molar-refractivity contribution in [2.45, 2.75) is 52.6 Å². The molecule has 0 N–H and O–H groups in total. The van der Waals surface area contributed by atoms with Crippen LogP contribution in [0.1, 0.15) is 46.5 Å². The van der Waals surface area contributed by atoms with Crippen molar-refractivity contribution in [1.29, 1.82) is 0 Å². The molecular weight excluding hydrogens is 170 g/mol. The first-order chi connectivity index (χ1) is 6.02. The molecule has 0 rings (SSSR count). The summed E-state index contributed by atoms with van der Waals surface area (Å²) in [6.45, 7) is 6.09. The van der Waals surface area contributed by atoms with E-state index in [1.165, 1.54) is 6.42 Å². The van der Waals surface area contributed by atoms with Crippen molar-refractivity contribution < 1.29 is 9.92 Å². The fourth-order valence-electron chi connectivity index (χ4n) is 1.18. The highest BCUT2D eigenvalue weighted by atomic mass is 17.0. The van der Waals surface area contributed by atoms with Gasteiger partial charge in [0.05, 0.1) is 0 Å². The summed E-state index contributed by atoms with van der Waals surface area (Å²) in [5.41, 5.74) is 0. The molecule has 78 valence electrons. The third-order valence-corrected chi connectivity index (χ3v) is 1.91. The van der Waals surface area contributed by atoms with E-state index in [4.69, 9.17) is 0 Å². The minimum atomic E-state index is -0.715. The molecule has 0 unspecified atom stereocenters. The zero-order valence-electron chi connectivity index (χ0n) is 8.66. The van der Waals surface area contributed by atoms with Gasteiger partial charge in [0, 0.05) is 0 Å². The van der Waals surface area contributed by atoms with Crippen molar-refractivity contribution in [3.8, 4) is 0 Å². The molecule has 13 heavy (non-hydrogen) atoms. The van der Waals surface area contributed by atoms with Crippen LogP contribution >= 0.6 is 0 Å². The monoisotopic (exact) mass is 189 g/mol. The van der Waals surface area contributed by atoms with E-state index in [2.05, 4.69) is 18.7 Å². The second kappa shape index (κ2) is 6.69. The number of hydrogen-bond acceptors (Lipinski definition) is 3. The highest BCUT2D eigenvalue weighted by molar-refractivity contribution is 4.51. The lowest BCUT2D eigenvalue weighted by atomic mass is 10.0. The topological polar surface area (TPSA) is 52.4 Å². The Hall–Kier alpha value is -0.800. The molecule has 4 nitrogen and oxygen atoms in total. The number of rotatable bonds is 7. The van der Waals surface area contributed by atoms with E-state index in [1.807, 2.05) is 0 Å². The highest BCUT2D eigenvalue weighted by Crippen LogP contribution is 2.10. The zero-order chi connectivity index (χ0) is 10.3. The Bertz CT molecular complexity index is 148. The van der Waals surface area contributed by atoms with E-state index in [0.717, 1.165) is 19.3 Å². The Morgan fingerprint density at radius 1 is 1.23 bits per heavy atom. The van der Waals surface area contributed by atoms with Crippen molar-refractivity contribution in [3.63, 3.8) is 0 Å². The summed E-state index contributed by atoms with van der Waals surface area (Å²) in [6.07, 6.45) is 3.83. The molecule has 0 aromatic heterocycles. The summed E-state index contributed by atoms with van der Waals surface area (Å²) >= 11 is 0. The summed E-state index contributed by atoms with van der Waals surface area (Å²) in [7, 11) is 0. The van der Waals surface area contributed by atoms with Crippen LogP contribution in [-0.2, 0) is 4.84 Å². The Morgan fingerprint density at radius 3 is 2.23 bits per heavy atom. The first-order valence-electron chi connectivity index (χ1n) is 4.83. The third kappa shape index (κ3) is 9.11. The minimum absolute atomic E-state index is 0.262. The van der Waals surface area contributed by atoms with Crippen LogP contribution in [0, 0.1) is 16.0 Å². The minimum Gasteiger partial charge on any atom is -0.311 e. The standard InChI is InChI=1S/C9H19NO3/c1-8(2)6-4-5-7-9(3)13-10(11)12/h8-9H,4-7H2,1-3H3/t9-/m0/s1. The van der Waals surface area contributed by atoms with Crippen molar-refractivity contribution in [2.24, 2.45) is 5.92 Å². The van der Waals surface area contributed by atoms with Crippen LogP contribution in [-0.4, -0.2) is 11.2 Å². The fraction of sp³-hybridized carbons (Fsp3) is 1.00. The van der Waals surface area contributed by atoms with Crippen LogP contribution in [0.15, 0.2) is 0 Å². The van der Waals surface area contributed by atoms with Gasteiger partial charge in [-0.3, -0.25) is 0 Å². The van der Waals surface area contributed by atoms with E-state index < -0.39 is 5.09 Å². The lowest BCUT2D eigenvalue weighted by molar-refractivity contribution is -0.767. The summed E-state index contributed by atoms with van der Waals surface area (Å²) < 4.78 is 0. The van der Waals surface area contributed by atoms with Gasteiger partial charge in [0.2, 0.25) is 0 Å². The van der Waals surface area contributed by atoms with Crippen LogP contribution in [0.4, 0.5) is 0 Å². The van der Waals surface area contributed by atoms with Crippen LogP contribution < -0.4 is 0 Å². The first-order valence-corrected chi connectivity index (χ1v) is 4.83. The van der Waals surface area contributed by atoms with E-state index in [-0.39, 0.29) is 6.10 Å². The normalized spacial score (nSPS) is 12.9. The molecule has 0 amide bonds. The van der Waals surface area contributed by atoms with Crippen molar-refractivity contribution in [1.82, 2.24) is 0 Å². The molecule has 0 spiro atoms. The average molecular weight is 189 g/mol. The molecule has 0 radical (unpaired) electrons. The smallest absolute Gasteiger partial charge is 0.294 e. The Kier molecular flexibility index (Phi) is 6.28. The lowest BCUT2D eigenvalue weighted by Crippen LogP contribution is -2.12. The SMILES string of the molecule is CC(C)CCCC[C@H](C)O[N+](=O)[O-]. The number of hydrogen-bond donors (Lipinski definition) is 0. The second-order valence-electron chi connectivity index (χ2n) is 3.82. The zero-order valence-corrected chi connectivity index (χ0v) is 8.66. The fourth-order valence-corrected chi connectivity index (χ4v) is 1.18. The molecular formula is C9H19NO3. The second-order valence-corrected chi connectivity index (χ2v) is 3.82. The quantitative estimate of drug-likeness (QED) is 0.351. The summed E-state index contributed by atoms with van der Waals surface area (Å²) in [5, 5.41) is 9.22. The molecule has 1 atom stereocenters. The maximum Gasteiger partial charge on any atom is 0.294 e. The van der Waals surface area contributed by atoms with Crippen molar-refractivity contribution in [3.05, 3.63) is 10.1 Å². The maximum absolute atomic E-state index is 9.93. The largest absolute Gasteiger partial charge is 0.311 e. The average Bonchev–Trinajstić information content (AvgIpc) is 1.96.